The Kier molecular flexibility index (Phi) is 4.43. The Hall–Kier alpha value is -2.73. The molecule has 0 aliphatic carbocycles. The van der Waals surface area contributed by atoms with Crippen molar-refractivity contribution < 1.29 is 0 Å². The minimum Gasteiger partial charge on any atom is -0.362 e. The van der Waals surface area contributed by atoms with Crippen molar-refractivity contribution in [3.8, 4) is 0 Å². The van der Waals surface area contributed by atoms with Crippen LogP contribution in [0.25, 0.3) is 10.2 Å². The van der Waals surface area contributed by atoms with E-state index in [-0.39, 0.29) is 0 Å². The summed E-state index contributed by atoms with van der Waals surface area (Å²) in [4.78, 5) is 14.8. The average Bonchev–Trinajstić information content (AvgIpc) is 3.29. The van der Waals surface area contributed by atoms with Gasteiger partial charge in [-0.15, -0.1) is 11.3 Å². The summed E-state index contributed by atoms with van der Waals surface area (Å²) in [5, 5.41) is 6.58. The molecule has 0 fully saturated rings. The lowest BCUT2D eigenvalue weighted by atomic mass is 10.2. The molecule has 0 spiro atoms. The molecule has 1 aromatic carbocycles. The molecule has 3 aromatic heterocycles. The van der Waals surface area contributed by atoms with Crippen LogP contribution in [0.4, 0.5) is 5.82 Å². The Morgan fingerprint density at radius 1 is 1.12 bits per heavy atom. The van der Waals surface area contributed by atoms with E-state index in [1.807, 2.05) is 18.5 Å². The second-order valence-corrected chi connectivity index (χ2v) is 6.69. The molecule has 0 amide bonds. The maximum Gasteiger partial charge on any atom is 0.138 e. The Bertz CT molecular complexity index is 974. The number of nitrogens with zero attached hydrogens (tertiary/aromatic N) is 4. The fraction of sp³-hybridized carbons (Fsp3) is 0.211. The molecule has 5 nitrogen and oxygen atoms in total. The van der Waals surface area contributed by atoms with Crippen molar-refractivity contribution in [3.63, 3.8) is 0 Å². The van der Waals surface area contributed by atoms with E-state index < -0.39 is 0 Å². The second-order valence-electron chi connectivity index (χ2n) is 5.79. The molecular formula is C19H19N5S. The number of anilines is 1. The quantitative estimate of drug-likeness (QED) is 0.569. The summed E-state index contributed by atoms with van der Waals surface area (Å²) in [7, 11) is 0. The van der Waals surface area contributed by atoms with Gasteiger partial charge in [-0.25, -0.2) is 15.0 Å². The maximum absolute atomic E-state index is 4.65. The zero-order valence-electron chi connectivity index (χ0n) is 14.0. The Morgan fingerprint density at radius 2 is 2.00 bits per heavy atom. The van der Waals surface area contributed by atoms with E-state index in [4.69, 9.17) is 0 Å². The largest absolute Gasteiger partial charge is 0.362 e. The Balaban J connectivity index is 1.55. The minimum absolute atomic E-state index is 0.630. The number of hydrogen-bond donors (Lipinski definition) is 1. The van der Waals surface area contributed by atoms with E-state index in [2.05, 4.69) is 67.5 Å². The number of benzene rings is 1. The number of aromatic nitrogens is 4. The molecule has 0 bridgehead atoms. The molecular weight excluding hydrogens is 330 g/mol. The standard InChI is InChI=1S/C19H19N5S/c1-2-16-22-18(15-8-11-25-19(15)23-16)21-12-17-20-9-10-24(17)13-14-6-4-3-5-7-14/h3-11H,2,12-13H2,1H3,(H,21,22,23). The summed E-state index contributed by atoms with van der Waals surface area (Å²) in [5.74, 6) is 2.74. The number of aryl methyl sites for hydroxylation is 1. The van der Waals surface area contributed by atoms with Gasteiger partial charge >= 0.3 is 0 Å². The van der Waals surface area contributed by atoms with Crippen molar-refractivity contribution in [1.29, 1.82) is 0 Å². The van der Waals surface area contributed by atoms with Crippen LogP contribution in [0.15, 0.2) is 54.2 Å². The van der Waals surface area contributed by atoms with Crippen molar-refractivity contribution in [2.45, 2.75) is 26.4 Å². The fourth-order valence-corrected chi connectivity index (χ4v) is 3.57. The summed E-state index contributed by atoms with van der Waals surface area (Å²) in [6, 6.07) is 12.5. The summed E-state index contributed by atoms with van der Waals surface area (Å²) >= 11 is 1.65. The number of thiophene rings is 1. The van der Waals surface area contributed by atoms with Gasteiger partial charge in [0.15, 0.2) is 0 Å². The van der Waals surface area contributed by atoms with Crippen LogP contribution < -0.4 is 5.32 Å². The first-order chi connectivity index (χ1) is 12.3. The summed E-state index contributed by atoms with van der Waals surface area (Å²) in [6.45, 7) is 3.52. The Labute approximate surface area is 150 Å². The average molecular weight is 349 g/mol. The molecule has 25 heavy (non-hydrogen) atoms. The third kappa shape index (κ3) is 3.39. The van der Waals surface area contributed by atoms with Crippen LogP contribution in [0.2, 0.25) is 0 Å². The monoisotopic (exact) mass is 349 g/mol. The lowest BCUT2D eigenvalue weighted by molar-refractivity contribution is 0.734. The first-order valence-corrected chi connectivity index (χ1v) is 9.23. The molecule has 0 aliphatic heterocycles. The Morgan fingerprint density at radius 3 is 2.84 bits per heavy atom. The highest BCUT2D eigenvalue weighted by molar-refractivity contribution is 7.16. The lowest BCUT2D eigenvalue weighted by Gasteiger charge is -2.11. The molecule has 4 aromatic rings. The highest BCUT2D eigenvalue weighted by Gasteiger charge is 2.10. The van der Waals surface area contributed by atoms with E-state index in [0.29, 0.717) is 6.54 Å². The van der Waals surface area contributed by atoms with Crippen LogP contribution in [0.1, 0.15) is 24.1 Å². The summed E-state index contributed by atoms with van der Waals surface area (Å²) in [5.41, 5.74) is 1.26. The van der Waals surface area contributed by atoms with E-state index in [9.17, 15) is 0 Å². The van der Waals surface area contributed by atoms with Crippen LogP contribution in [-0.4, -0.2) is 19.5 Å². The smallest absolute Gasteiger partial charge is 0.138 e. The molecule has 0 radical (unpaired) electrons. The zero-order chi connectivity index (χ0) is 17.1. The van der Waals surface area contributed by atoms with Crippen molar-refractivity contribution in [3.05, 3.63) is 71.4 Å². The van der Waals surface area contributed by atoms with Crippen LogP contribution in [0.5, 0.6) is 0 Å². The highest BCUT2D eigenvalue weighted by Crippen LogP contribution is 2.25. The van der Waals surface area contributed by atoms with Gasteiger partial charge in [-0.05, 0) is 17.0 Å². The normalized spacial score (nSPS) is 11.1. The van der Waals surface area contributed by atoms with Crippen LogP contribution >= 0.6 is 11.3 Å². The van der Waals surface area contributed by atoms with E-state index in [1.165, 1.54) is 5.56 Å². The molecule has 0 aliphatic rings. The lowest BCUT2D eigenvalue weighted by Crippen LogP contribution is -2.11. The van der Waals surface area contributed by atoms with Gasteiger partial charge in [-0.2, -0.15) is 0 Å². The van der Waals surface area contributed by atoms with Gasteiger partial charge < -0.3 is 9.88 Å². The minimum atomic E-state index is 0.630. The molecule has 4 rings (SSSR count). The van der Waals surface area contributed by atoms with Gasteiger partial charge in [0.2, 0.25) is 0 Å². The van der Waals surface area contributed by atoms with Gasteiger partial charge in [-0.3, -0.25) is 0 Å². The van der Waals surface area contributed by atoms with Gasteiger partial charge in [-0.1, -0.05) is 37.3 Å². The topological polar surface area (TPSA) is 55.6 Å². The van der Waals surface area contributed by atoms with Gasteiger partial charge in [0, 0.05) is 25.4 Å². The predicted octanol–water partition coefficient (Wildman–Crippen LogP) is 4.11. The van der Waals surface area contributed by atoms with E-state index in [0.717, 1.165) is 40.6 Å². The third-order valence-corrected chi connectivity index (χ3v) is 4.91. The summed E-state index contributed by atoms with van der Waals surface area (Å²) in [6.07, 6.45) is 4.68. The van der Waals surface area contributed by atoms with Crippen molar-refractivity contribution >= 4 is 27.4 Å². The number of hydrogen-bond acceptors (Lipinski definition) is 5. The first kappa shape index (κ1) is 15.8. The molecule has 1 N–H and O–H groups in total. The van der Waals surface area contributed by atoms with Crippen molar-refractivity contribution in [2.75, 3.05) is 5.32 Å². The fourth-order valence-electron chi connectivity index (χ4n) is 2.79. The number of rotatable bonds is 6. The summed E-state index contributed by atoms with van der Waals surface area (Å²) < 4.78 is 2.16. The number of nitrogens with one attached hydrogen (secondary N) is 1. The molecule has 6 heteroatoms. The van der Waals surface area contributed by atoms with Crippen molar-refractivity contribution in [1.82, 2.24) is 19.5 Å². The molecule has 0 saturated carbocycles. The van der Waals surface area contributed by atoms with Crippen molar-refractivity contribution in [2.24, 2.45) is 0 Å². The highest BCUT2D eigenvalue weighted by atomic mass is 32.1. The molecule has 0 saturated heterocycles. The number of imidazole rings is 1. The maximum atomic E-state index is 4.65. The third-order valence-electron chi connectivity index (χ3n) is 4.10. The van der Waals surface area contributed by atoms with Crippen LogP contribution in [0.3, 0.4) is 0 Å². The van der Waals surface area contributed by atoms with E-state index in [1.54, 1.807) is 11.3 Å². The van der Waals surface area contributed by atoms with Gasteiger partial charge in [0.05, 0.1) is 11.9 Å². The van der Waals surface area contributed by atoms with E-state index >= 15 is 0 Å². The molecule has 3 heterocycles. The van der Waals surface area contributed by atoms with Crippen LogP contribution in [0, 0.1) is 0 Å². The SMILES string of the molecule is CCc1nc(NCc2nccn2Cc2ccccc2)c2ccsc2n1. The first-order valence-electron chi connectivity index (χ1n) is 8.35. The predicted molar refractivity (Wildman–Crippen MR) is 102 cm³/mol. The van der Waals surface area contributed by atoms with Gasteiger partial charge in [0.1, 0.15) is 22.3 Å². The van der Waals surface area contributed by atoms with Gasteiger partial charge in [0.25, 0.3) is 0 Å². The molecule has 0 unspecified atom stereocenters. The van der Waals surface area contributed by atoms with Crippen LogP contribution in [-0.2, 0) is 19.5 Å². The molecule has 126 valence electrons. The number of fused-ring (bicyclic) bond motifs is 1. The zero-order valence-corrected chi connectivity index (χ0v) is 14.8. The second kappa shape index (κ2) is 7.03. The molecule has 0 atom stereocenters.